The molecule has 0 amide bonds. The van der Waals surface area contributed by atoms with E-state index in [2.05, 4.69) is 25.1 Å². The lowest BCUT2D eigenvalue weighted by Gasteiger charge is -2.08. The van der Waals surface area contributed by atoms with E-state index in [0.29, 0.717) is 5.02 Å². The van der Waals surface area contributed by atoms with Gasteiger partial charge in [0.15, 0.2) is 0 Å². The number of thioether (sulfide) groups is 1. The zero-order valence-corrected chi connectivity index (χ0v) is 9.45. The largest absolute Gasteiger partial charge is 0.309 e. The molecule has 0 fully saturated rings. The molecule has 0 bridgehead atoms. The fourth-order valence-electron chi connectivity index (χ4n) is 0.854. The Hall–Kier alpha value is -0.180. The quantitative estimate of drug-likeness (QED) is 0.710. The van der Waals surface area contributed by atoms with Crippen LogP contribution in [0.3, 0.4) is 0 Å². The number of hydrogen-bond acceptors (Lipinski definition) is 2. The summed E-state index contributed by atoms with van der Waals surface area (Å²) in [4.78, 5) is 3.38. The van der Waals surface area contributed by atoms with Gasteiger partial charge in [0.1, 0.15) is 0 Å². The molecule has 71 valence electrons. The van der Waals surface area contributed by atoms with E-state index in [1.165, 1.54) is 4.90 Å². The van der Waals surface area contributed by atoms with Crippen LogP contribution in [0.1, 0.15) is 0 Å². The summed E-state index contributed by atoms with van der Waals surface area (Å²) in [5.74, 6) is 1.09. The van der Waals surface area contributed by atoms with Crippen molar-refractivity contribution in [2.24, 2.45) is 0 Å². The number of halogens is 1. The van der Waals surface area contributed by atoms with Gasteiger partial charge in [-0.3, -0.25) is 0 Å². The fraction of sp³-hybridized carbons (Fsp3) is 0.400. The van der Waals surface area contributed by atoms with Crippen molar-refractivity contribution in [2.75, 3.05) is 26.4 Å². The number of rotatable bonds is 4. The van der Waals surface area contributed by atoms with Crippen LogP contribution < -0.4 is 0 Å². The van der Waals surface area contributed by atoms with Crippen LogP contribution in [0.4, 0.5) is 0 Å². The molecule has 1 aromatic rings. The van der Waals surface area contributed by atoms with Crippen molar-refractivity contribution < 1.29 is 0 Å². The molecular formula is C10H13ClNS. The SMILES string of the molecule is CN(C)CCSc1cc[c]c(Cl)c1. The second-order valence-electron chi connectivity index (χ2n) is 3.02. The summed E-state index contributed by atoms with van der Waals surface area (Å²) in [7, 11) is 4.15. The summed E-state index contributed by atoms with van der Waals surface area (Å²) >= 11 is 7.62. The maximum atomic E-state index is 5.81. The van der Waals surface area contributed by atoms with Crippen molar-refractivity contribution in [1.82, 2.24) is 4.90 Å². The first-order valence-corrected chi connectivity index (χ1v) is 5.49. The first kappa shape index (κ1) is 10.9. The van der Waals surface area contributed by atoms with Crippen molar-refractivity contribution in [1.29, 1.82) is 0 Å². The van der Waals surface area contributed by atoms with Crippen LogP contribution in [0, 0.1) is 6.07 Å². The van der Waals surface area contributed by atoms with E-state index in [0.717, 1.165) is 12.3 Å². The Labute approximate surface area is 89.1 Å². The Bertz CT molecular complexity index is 263. The Morgan fingerprint density at radius 1 is 1.54 bits per heavy atom. The van der Waals surface area contributed by atoms with Gasteiger partial charge in [-0.25, -0.2) is 0 Å². The molecule has 0 saturated heterocycles. The van der Waals surface area contributed by atoms with Crippen LogP contribution in [-0.4, -0.2) is 31.3 Å². The predicted molar refractivity (Wildman–Crippen MR) is 59.6 cm³/mol. The summed E-state index contributed by atoms with van der Waals surface area (Å²) in [6.07, 6.45) is 0. The molecule has 1 aromatic carbocycles. The zero-order chi connectivity index (χ0) is 9.68. The zero-order valence-electron chi connectivity index (χ0n) is 7.88. The molecule has 0 N–H and O–H groups in total. The van der Waals surface area contributed by atoms with Gasteiger partial charge in [0.05, 0.1) is 0 Å². The van der Waals surface area contributed by atoms with E-state index in [9.17, 15) is 0 Å². The standard InChI is InChI=1S/C10H13ClNS/c1-12(2)6-7-13-10-5-3-4-9(11)8-10/h3,5,8H,6-7H2,1-2H3. The van der Waals surface area contributed by atoms with Crippen LogP contribution in [0.25, 0.3) is 0 Å². The molecule has 0 aliphatic carbocycles. The Balaban J connectivity index is 2.37. The van der Waals surface area contributed by atoms with Crippen molar-refractivity contribution in [3.63, 3.8) is 0 Å². The fourth-order valence-corrected chi connectivity index (χ4v) is 2.16. The third-order valence-corrected chi connectivity index (χ3v) is 2.74. The van der Waals surface area contributed by atoms with Gasteiger partial charge >= 0.3 is 0 Å². The van der Waals surface area contributed by atoms with Crippen LogP contribution in [0.2, 0.25) is 5.02 Å². The molecule has 3 heteroatoms. The van der Waals surface area contributed by atoms with Crippen LogP contribution in [0.15, 0.2) is 23.1 Å². The lowest BCUT2D eigenvalue weighted by molar-refractivity contribution is 0.437. The van der Waals surface area contributed by atoms with Gasteiger partial charge in [-0.15, -0.1) is 11.8 Å². The lowest BCUT2D eigenvalue weighted by Crippen LogP contribution is -2.14. The van der Waals surface area contributed by atoms with Crippen molar-refractivity contribution >= 4 is 23.4 Å². The molecule has 1 rings (SSSR count). The second kappa shape index (κ2) is 5.53. The average molecular weight is 215 g/mol. The van der Waals surface area contributed by atoms with Gasteiger partial charge in [-0.2, -0.15) is 0 Å². The Kier molecular flexibility index (Phi) is 4.64. The highest BCUT2D eigenvalue weighted by molar-refractivity contribution is 7.99. The molecule has 0 aliphatic rings. The molecule has 0 atom stereocenters. The van der Waals surface area contributed by atoms with Crippen molar-refractivity contribution in [3.8, 4) is 0 Å². The van der Waals surface area contributed by atoms with Gasteiger partial charge in [0.25, 0.3) is 0 Å². The predicted octanol–water partition coefficient (Wildman–Crippen LogP) is 2.79. The van der Waals surface area contributed by atoms with Crippen LogP contribution >= 0.6 is 23.4 Å². The number of hydrogen-bond donors (Lipinski definition) is 0. The van der Waals surface area contributed by atoms with E-state index in [-0.39, 0.29) is 0 Å². The molecule has 0 spiro atoms. The third-order valence-electron chi connectivity index (χ3n) is 1.55. The van der Waals surface area contributed by atoms with E-state index in [4.69, 9.17) is 11.6 Å². The smallest absolute Gasteiger partial charge is 0.0496 e. The minimum atomic E-state index is 0.690. The minimum absolute atomic E-state index is 0.690. The summed E-state index contributed by atoms with van der Waals surface area (Å²) in [6, 6.07) is 8.75. The lowest BCUT2D eigenvalue weighted by atomic mass is 10.4. The summed E-state index contributed by atoms with van der Waals surface area (Å²) in [6.45, 7) is 1.08. The number of benzene rings is 1. The molecular weight excluding hydrogens is 202 g/mol. The Morgan fingerprint density at radius 3 is 2.92 bits per heavy atom. The van der Waals surface area contributed by atoms with Gasteiger partial charge in [0, 0.05) is 28.3 Å². The maximum absolute atomic E-state index is 5.81. The number of nitrogens with zero attached hydrogens (tertiary/aromatic N) is 1. The van der Waals surface area contributed by atoms with E-state index in [1.807, 2.05) is 30.0 Å². The molecule has 13 heavy (non-hydrogen) atoms. The normalized spacial score (nSPS) is 10.8. The second-order valence-corrected chi connectivity index (χ2v) is 4.60. The third kappa shape index (κ3) is 4.55. The van der Waals surface area contributed by atoms with Crippen LogP contribution in [0.5, 0.6) is 0 Å². The van der Waals surface area contributed by atoms with E-state index in [1.54, 1.807) is 0 Å². The first-order chi connectivity index (χ1) is 6.18. The summed E-state index contributed by atoms with van der Waals surface area (Å²) in [5.41, 5.74) is 0. The maximum Gasteiger partial charge on any atom is 0.0496 e. The first-order valence-electron chi connectivity index (χ1n) is 4.13. The molecule has 0 aromatic heterocycles. The molecule has 0 saturated carbocycles. The van der Waals surface area contributed by atoms with Gasteiger partial charge in [-0.05, 0) is 26.2 Å². The molecule has 0 unspecified atom stereocenters. The highest BCUT2D eigenvalue weighted by Crippen LogP contribution is 2.20. The monoisotopic (exact) mass is 214 g/mol. The topological polar surface area (TPSA) is 3.24 Å². The average Bonchev–Trinajstić information content (AvgIpc) is 2.03. The Morgan fingerprint density at radius 2 is 2.31 bits per heavy atom. The van der Waals surface area contributed by atoms with Crippen LogP contribution in [-0.2, 0) is 0 Å². The molecule has 1 nitrogen and oxygen atoms in total. The molecule has 0 heterocycles. The highest BCUT2D eigenvalue weighted by Gasteiger charge is 1.95. The van der Waals surface area contributed by atoms with Gasteiger partial charge in [0.2, 0.25) is 0 Å². The van der Waals surface area contributed by atoms with Gasteiger partial charge in [-0.1, -0.05) is 17.7 Å². The minimum Gasteiger partial charge on any atom is -0.309 e. The van der Waals surface area contributed by atoms with Crippen molar-refractivity contribution in [2.45, 2.75) is 4.90 Å². The summed E-state index contributed by atoms with van der Waals surface area (Å²) in [5, 5.41) is 0.690. The molecule has 0 aliphatic heterocycles. The van der Waals surface area contributed by atoms with Gasteiger partial charge < -0.3 is 4.90 Å². The van der Waals surface area contributed by atoms with E-state index < -0.39 is 0 Å². The van der Waals surface area contributed by atoms with Crippen molar-refractivity contribution in [3.05, 3.63) is 29.3 Å². The summed E-state index contributed by atoms with van der Waals surface area (Å²) < 4.78 is 0. The molecule has 1 radical (unpaired) electrons. The highest BCUT2D eigenvalue weighted by atomic mass is 35.5. The van der Waals surface area contributed by atoms with E-state index >= 15 is 0 Å².